The van der Waals surface area contributed by atoms with E-state index in [4.69, 9.17) is 5.73 Å². The molecule has 0 spiro atoms. The number of carbonyl (C=O) groups excluding carboxylic acids is 1. The van der Waals surface area contributed by atoms with Gasteiger partial charge in [0.05, 0.1) is 5.92 Å². The minimum Gasteiger partial charge on any atom is -0.369 e. The van der Waals surface area contributed by atoms with E-state index in [0.717, 1.165) is 64.4 Å². The standard InChI is InChI=1S/C20H32FN7O.HI/c1-23-20(25-9-4-11-27-10-3-5-15(13-27)18(22)29)26-16-7-12-28(14-16)19-17(21)6-2-8-24-19;/h2,6,8,15-16H,3-5,7,9-14H2,1H3,(H2,22,29)(H2,23,25,26);1H. The summed E-state index contributed by atoms with van der Waals surface area (Å²) in [5.41, 5.74) is 5.44. The van der Waals surface area contributed by atoms with Crippen molar-refractivity contribution in [3.8, 4) is 0 Å². The SMILES string of the molecule is CN=C(NCCCN1CCCC(C(N)=O)C1)NC1CCN(c2ncccc2F)C1.I. The van der Waals surface area contributed by atoms with E-state index < -0.39 is 0 Å². The monoisotopic (exact) mass is 533 g/mol. The fourth-order valence-corrected chi connectivity index (χ4v) is 4.07. The molecule has 2 atom stereocenters. The summed E-state index contributed by atoms with van der Waals surface area (Å²) < 4.78 is 13.9. The second-order valence-corrected chi connectivity index (χ2v) is 7.78. The van der Waals surface area contributed by atoms with Crippen LogP contribution in [-0.2, 0) is 4.79 Å². The second-order valence-electron chi connectivity index (χ2n) is 7.78. The Labute approximate surface area is 194 Å². The van der Waals surface area contributed by atoms with Crippen LogP contribution < -0.4 is 21.3 Å². The van der Waals surface area contributed by atoms with Gasteiger partial charge < -0.3 is 26.2 Å². The number of nitrogens with one attached hydrogen (secondary N) is 2. The number of nitrogens with two attached hydrogens (primary N) is 1. The molecule has 2 aliphatic heterocycles. The molecule has 30 heavy (non-hydrogen) atoms. The van der Waals surface area contributed by atoms with Gasteiger partial charge in [0.1, 0.15) is 0 Å². The summed E-state index contributed by atoms with van der Waals surface area (Å²) in [5, 5.41) is 6.77. The van der Waals surface area contributed by atoms with Crippen molar-refractivity contribution < 1.29 is 9.18 Å². The van der Waals surface area contributed by atoms with Crippen LogP contribution >= 0.6 is 24.0 Å². The van der Waals surface area contributed by atoms with Gasteiger partial charge in [0.2, 0.25) is 5.91 Å². The number of guanidine groups is 1. The zero-order valence-corrected chi connectivity index (χ0v) is 19.8. The highest BCUT2D eigenvalue weighted by molar-refractivity contribution is 14.0. The summed E-state index contributed by atoms with van der Waals surface area (Å²) in [5.74, 6) is 0.684. The lowest BCUT2D eigenvalue weighted by Crippen LogP contribution is -2.46. The molecule has 4 N–H and O–H groups in total. The predicted molar refractivity (Wildman–Crippen MR) is 128 cm³/mol. The van der Waals surface area contributed by atoms with Crippen LogP contribution in [0.5, 0.6) is 0 Å². The molecule has 3 heterocycles. The second kappa shape index (κ2) is 12.2. The lowest BCUT2D eigenvalue weighted by Gasteiger charge is -2.31. The molecule has 2 fully saturated rings. The van der Waals surface area contributed by atoms with Gasteiger partial charge in [-0.2, -0.15) is 0 Å². The third kappa shape index (κ3) is 6.93. The highest BCUT2D eigenvalue weighted by Crippen LogP contribution is 2.20. The Kier molecular flexibility index (Phi) is 10.0. The summed E-state index contributed by atoms with van der Waals surface area (Å²) in [6.45, 7) is 4.98. The van der Waals surface area contributed by atoms with Crippen LogP contribution in [0.4, 0.5) is 10.2 Å². The number of rotatable bonds is 7. The number of hydrogen-bond donors (Lipinski definition) is 3. The molecule has 2 unspecified atom stereocenters. The molecule has 168 valence electrons. The summed E-state index contributed by atoms with van der Waals surface area (Å²) in [4.78, 5) is 24.1. The van der Waals surface area contributed by atoms with E-state index >= 15 is 0 Å². The molecule has 8 nitrogen and oxygen atoms in total. The molecule has 2 saturated heterocycles. The molecule has 0 radical (unpaired) electrons. The Morgan fingerprint density at radius 3 is 2.93 bits per heavy atom. The van der Waals surface area contributed by atoms with Gasteiger partial charge in [0, 0.05) is 45.5 Å². The van der Waals surface area contributed by atoms with E-state index in [2.05, 4.69) is 25.5 Å². The molecule has 0 aliphatic carbocycles. The molecule has 0 bridgehead atoms. The first-order valence-corrected chi connectivity index (χ1v) is 10.4. The molecule has 0 aromatic carbocycles. The van der Waals surface area contributed by atoms with Crippen molar-refractivity contribution in [1.82, 2.24) is 20.5 Å². The van der Waals surface area contributed by atoms with Crippen molar-refractivity contribution in [3.63, 3.8) is 0 Å². The Balaban J connectivity index is 0.00000320. The number of likely N-dealkylation sites (tertiary alicyclic amines) is 1. The topological polar surface area (TPSA) is 98.9 Å². The van der Waals surface area contributed by atoms with Crippen molar-refractivity contribution in [2.45, 2.75) is 31.7 Å². The van der Waals surface area contributed by atoms with Crippen LogP contribution in [0.25, 0.3) is 0 Å². The molecule has 3 rings (SSSR count). The molecule has 0 saturated carbocycles. The maximum absolute atomic E-state index is 13.9. The van der Waals surface area contributed by atoms with E-state index in [1.54, 1.807) is 19.3 Å². The van der Waals surface area contributed by atoms with Crippen LogP contribution in [0, 0.1) is 11.7 Å². The third-order valence-corrected chi connectivity index (χ3v) is 5.64. The normalized spacial score (nSPS) is 22.5. The number of piperidine rings is 1. The van der Waals surface area contributed by atoms with Crippen LogP contribution in [0.3, 0.4) is 0 Å². The summed E-state index contributed by atoms with van der Waals surface area (Å²) >= 11 is 0. The van der Waals surface area contributed by atoms with Crippen LogP contribution in [0.1, 0.15) is 25.7 Å². The van der Waals surface area contributed by atoms with Crippen molar-refractivity contribution >= 4 is 41.7 Å². The summed E-state index contributed by atoms with van der Waals surface area (Å²) in [6.07, 6.45) is 5.41. The molecular formula is C20H33FIN7O. The van der Waals surface area contributed by atoms with Gasteiger partial charge >= 0.3 is 0 Å². The Hall–Kier alpha value is -1.69. The van der Waals surface area contributed by atoms with Gasteiger partial charge in [-0.25, -0.2) is 9.37 Å². The number of amides is 1. The van der Waals surface area contributed by atoms with Gasteiger partial charge in [-0.05, 0) is 50.9 Å². The number of carbonyl (C=O) groups is 1. The predicted octanol–water partition coefficient (Wildman–Crippen LogP) is 1.17. The number of halogens is 2. The fraction of sp³-hybridized carbons (Fsp3) is 0.650. The number of aliphatic imine (C=N–C) groups is 1. The number of primary amides is 1. The highest BCUT2D eigenvalue weighted by Gasteiger charge is 2.26. The highest BCUT2D eigenvalue weighted by atomic mass is 127. The first-order chi connectivity index (χ1) is 14.1. The lowest BCUT2D eigenvalue weighted by molar-refractivity contribution is -0.123. The number of aromatic nitrogens is 1. The van der Waals surface area contributed by atoms with Crippen LogP contribution in [-0.4, -0.2) is 74.1 Å². The van der Waals surface area contributed by atoms with Crippen molar-refractivity contribution in [1.29, 1.82) is 0 Å². The quantitative estimate of drug-likeness (QED) is 0.211. The number of nitrogens with zero attached hydrogens (tertiary/aromatic N) is 4. The Morgan fingerprint density at radius 2 is 2.20 bits per heavy atom. The van der Waals surface area contributed by atoms with Crippen molar-refractivity contribution in [2.24, 2.45) is 16.6 Å². The van der Waals surface area contributed by atoms with Crippen molar-refractivity contribution in [3.05, 3.63) is 24.1 Å². The smallest absolute Gasteiger partial charge is 0.221 e. The number of pyridine rings is 1. The first kappa shape index (κ1) is 24.6. The van der Waals surface area contributed by atoms with Gasteiger partial charge in [0.15, 0.2) is 17.6 Å². The van der Waals surface area contributed by atoms with E-state index in [1.165, 1.54) is 6.07 Å². The van der Waals surface area contributed by atoms with Crippen molar-refractivity contribution in [2.75, 3.05) is 51.2 Å². The van der Waals surface area contributed by atoms with E-state index in [9.17, 15) is 9.18 Å². The third-order valence-electron chi connectivity index (χ3n) is 5.64. The van der Waals surface area contributed by atoms with Crippen LogP contribution in [0.2, 0.25) is 0 Å². The molecule has 2 aliphatic rings. The van der Waals surface area contributed by atoms with Gasteiger partial charge in [0.25, 0.3) is 0 Å². The average molecular weight is 533 g/mol. The zero-order valence-electron chi connectivity index (χ0n) is 17.5. The first-order valence-electron chi connectivity index (χ1n) is 10.4. The number of anilines is 1. The molecule has 1 aromatic heterocycles. The zero-order chi connectivity index (χ0) is 20.6. The molecule has 1 aromatic rings. The Morgan fingerprint density at radius 1 is 1.37 bits per heavy atom. The summed E-state index contributed by atoms with van der Waals surface area (Å²) in [7, 11) is 1.75. The maximum atomic E-state index is 13.9. The maximum Gasteiger partial charge on any atom is 0.221 e. The fourth-order valence-electron chi connectivity index (χ4n) is 4.07. The Bertz CT molecular complexity index is 720. The van der Waals surface area contributed by atoms with Crippen LogP contribution in [0.15, 0.2) is 23.3 Å². The van der Waals surface area contributed by atoms with Gasteiger partial charge in [-0.3, -0.25) is 9.79 Å². The minimum absolute atomic E-state index is 0. The number of hydrogen-bond acceptors (Lipinski definition) is 5. The van der Waals surface area contributed by atoms with E-state index in [1.807, 2.05) is 4.90 Å². The molecule has 10 heteroatoms. The molecular weight excluding hydrogens is 500 g/mol. The minimum atomic E-state index is -0.285. The average Bonchev–Trinajstić information content (AvgIpc) is 3.19. The van der Waals surface area contributed by atoms with E-state index in [0.29, 0.717) is 12.4 Å². The van der Waals surface area contributed by atoms with E-state index in [-0.39, 0.29) is 47.7 Å². The summed E-state index contributed by atoms with van der Waals surface area (Å²) in [6, 6.07) is 3.24. The largest absolute Gasteiger partial charge is 0.369 e. The van der Waals surface area contributed by atoms with Gasteiger partial charge in [-0.1, -0.05) is 0 Å². The lowest BCUT2D eigenvalue weighted by atomic mass is 9.97. The molecule has 1 amide bonds. The van der Waals surface area contributed by atoms with Gasteiger partial charge in [-0.15, -0.1) is 24.0 Å².